The Morgan fingerprint density at radius 1 is 0.938 bits per heavy atom. The van der Waals surface area contributed by atoms with Crippen molar-refractivity contribution in [2.45, 2.75) is 40.3 Å². The largest absolute Gasteiger partial charge is 0.454 e. The minimum Gasteiger partial charge on any atom is -0.454 e. The highest BCUT2D eigenvalue weighted by molar-refractivity contribution is 5.98. The standard InChI is InChI=1S/C24H35N5O3/c1-5-27(6-2)17-21-11-12-22(32-21)24(31)26-25-23(30)19-7-9-20(10-8-19)29-15-13-28(14-16-29)18(3)4/h7-12,18H,5-6,13-17H2,1-4H3,(H,25,30)(H,26,31). The van der Waals surface area contributed by atoms with Crippen LogP contribution in [0, 0.1) is 0 Å². The molecule has 174 valence electrons. The van der Waals surface area contributed by atoms with Gasteiger partial charge in [0.25, 0.3) is 5.91 Å². The number of hydrazine groups is 1. The molecule has 8 heteroatoms. The number of hydrogen-bond donors (Lipinski definition) is 2. The van der Waals surface area contributed by atoms with E-state index in [2.05, 4.69) is 53.2 Å². The number of carbonyl (C=O) groups excluding carboxylic acids is 2. The van der Waals surface area contributed by atoms with Crippen molar-refractivity contribution in [3.05, 3.63) is 53.5 Å². The second-order valence-corrected chi connectivity index (χ2v) is 8.30. The van der Waals surface area contributed by atoms with Crippen LogP contribution in [0.1, 0.15) is 54.4 Å². The molecular weight excluding hydrogens is 406 g/mol. The Morgan fingerprint density at radius 2 is 1.56 bits per heavy atom. The van der Waals surface area contributed by atoms with Crippen LogP contribution in [0.3, 0.4) is 0 Å². The monoisotopic (exact) mass is 441 g/mol. The summed E-state index contributed by atoms with van der Waals surface area (Å²) >= 11 is 0. The summed E-state index contributed by atoms with van der Waals surface area (Å²) in [6.45, 7) is 15.1. The van der Waals surface area contributed by atoms with Crippen molar-refractivity contribution in [1.82, 2.24) is 20.7 Å². The van der Waals surface area contributed by atoms with E-state index in [-0.39, 0.29) is 11.7 Å². The van der Waals surface area contributed by atoms with Gasteiger partial charge in [-0.05, 0) is 63.3 Å². The summed E-state index contributed by atoms with van der Waals surface area (Å²) in [4.78, 5) is 31.7. The van der Waals surface area contributed by atoms with Gasteiger partial charge in [-0.3, -0.25) is 30.2 Å². The van der Waals surface area contributed by atoms with Crippen molar-refractivity contribution in [2.75, 3.05) is 44.2 Å². The fourth-order valence-electron chi connectivity index (χ4n) is 3.82. The number of benzene rings is 1. The van der Waals surface area contributed by atoms with Crippen molar-refractivity contribution < 1.29 is 14.0 Å². The number of furan rings is 1. The Balaban J connectivity index is 1.49. The highest BCUT2D eigenvalue weighted by atomic mass is 16.4. The molecule has 2 heterocycles. The highest BCUT2D eigenvalue weighted by Gasteiger charge is 2.19. The molecule has 1 aliphatic heterocycles. The molecule has 1 fully saturated rings. The number of carbonyl (C=O) groups is 2. The van der Waals surface area contributed by atoms with E-state index in [1.54, 1.807) is 24.3 Å². The van der Waals surface area contributed by atoms with Crippen LogP contribution in [0.2, 0.25) is 0 Å². The van der Waals surface area contributed by atoms with Crippen LogP contribution in [-0.4, -0.2) is 66.9 Å². The predicted octanol–water partition coefficient (Wildman–Crippen LogP) is 2.73. The summed E-state index contributed by atoms with van der Waals surface area (Å²) in [6.07, 6.45) is 0. The lowest BCUT2D eigenvalue weighted by Gasteiger charge is -2.38. The summed E-state index contributed by atoms with van der Waals surface area (Å²) in [5.74, 6) is 0.0339. The Morgan fingerprint density at radius 3 is 2.16 bits per heavy atom. The van der Waals surface area contributed by atoms with Crippen LogP contribution < -0.4 is 15.8 Å². The molecule has 0 unspecified atom stereocenters. The average molecular weight is 442 g/mol. The zero-order valence-electron chi connectivity index (χ0n) is 19.6. The molecule has 0 bridgehead atoms. The first-order valence-electron chi connectivity index (χ1n) is 11.4. The van der Waals surface area contributed by atoms with Gasteiger partial charge in [0.1, 0.15) is 5.76 Å². The average Bonchev–Trinajstić information content (AvgIpc) is 3.29. The van der Waals surface area contributed by atoms with Gasteiger partial charge < -0.3 is 9.32 Å². The van der Waals surface area contributed by atoms with E-state index in [1.807, 2.05) is 12.1 Å². The smallest absolute Gasteiger partial charge is 0.305 e. The van der Waals surface area contributed by atoms with Crippen LogP contribution in [0.4, 0.5) is 5.69 Å². The minimum atomic E-state index is -0.483. The number of rotatable bonds is 8. The zero-order chi connectivity index (χ0) is 23.1. The Kier molecular flexibility index (Phi) is 8.30. The third kappa shape index (κ3) is 6.11. The first kappa shape index (κ1) is 23.8. The molecule has 0 atom stereocenters. The quantitative estimate of drug-likeness (QED) is 0.613. The molecule has 0 spiro atoms. The number of hydrogen-bond acceptors (Lipinski definition) is 6. The first-order valence-corrected chi connectivity index (χ1v) is 11.4. The van der Waals surface area contributed by atoms with Crippen molar-refractivity contribution >= 4 is 17.5 Å². The predicted molar refractivity (Wildman–Crippen MR) is 126 cm³/mol. The molecule has 0 saturated carbocycles. The van der Waals surface area contributed by atoms with E-state index in [0.717, 1.165) is 50.7 Å². The van der Waals surface area contributed by atoms with Crippen LogP contribution in [0.25, 0.3) is 0 Å². The lowest BCUT2D eigenvalue weighted by molar-refractivity contribution is 0.0829. The van der Waals surface area contributed by atoms with E-state index in [9.17, 15) is 9.59 Å². The lowest BCUT2D eigenvalue weighted by atomic mass is 10.1. The third-order valence-electron chi connectivity index (χ3n) is 5.99. The van der Waals surface area contributed by atoms with Crippen molar-refractivity contribution in [3.8, 4) is 0 Å². The van der Waals surface area contributed by atoms with E-state index in [0.29, 0.717) is 18.2 Å². The van der Waals surface area contributed by atoms with E-state index >= 15 is 0 Å². The molecule has 1 aromatic carbocycles. The third-order valence-corrected chi connectivity index (χ3v) is 5.99. The molecule has 32 heavy (non-hydrogen) atoms. The molecule has 3 rings (SSSR count). The fourth-order valence-corrected chi connectivity index (χ4v) is 3.82. The molecule has 1 aliphatic rings. The van der Waals surface area contributed by atoms with Crippen LogP contribution in [0.5, 0.6) is 0 Å². The lowest BCUT2D eigenvalue weighted by Crippen LogP contribution is -2.48. The maximum atomic E-state index is 12.4. The number of anilines is 1. The number of amides is 2. The number of nitrogens with zero attached hydrogens (tertiary/aromatic N) is 3. The second kappa shape index (κ2) is 11.2. The van der Waals surface area contributed by atoms with Gasteiger partial charge in [0, 0.05) is 43.5 Å². The van der Waals surface area contributed by atoms with Crippen LogP contribution in [0.15, 0.2) is 40.8 Å². The first-order chi connectivity index (χ1) is 15.4. The molecular formula is C24H35N5O3. The topological polar surface area (TPSA) is 81.1 Å². The van der Waals surface area contributed by atoms with Crippen molar-refractivity contribution in [3.63, 3.8) is 0 Å². The molecule has 0 aliphatic carbocycles. The SMILES string of the molecule is CCN(CC)Cc1ccc(C(=O)NNC(=O)c2ccc(N3CCN(C(C)C)CC3)cc2)o1. The summed E-state index contributed by atoms with van der Waals surface area (Å²) in [6, 6.07) is 11.4. The summed E-state index contributed by atoms with van der Waals surface area (Å²) < 4.78 is 5.61. The number of nitrogens with one attached hydrogen (secondary N) is 2. The molecule has 0 radical (unpaired) electrons. The van der Waals surface area contributed by atoms with Gasteiger partial charge in [-0.15, -0.1) is 0 Å². The molecule has 1 aromatic heterocycles. The Bertz CT molecular complexity index is 881. The van der Waals surface area contributed by atoms with E-state index in [4.69, 9.17) is 4.42 Å². The maximum Gasteiger partial charge on any atom is 0.305 e. The molecule has 1 saturated heterocycles. The molecule has 2 aromatic rings. The van der Waals surface area contributed by atoms with Gasteiger partial charge in [0.2, 0.25) is 0 Å². The van der Waals surface area contributed by atoms with E-state index < -0.39 is 5.91 Å². The minimum absolute atomic E-state index is 0.170. The summed E-state index contributed by atoms with van der Waals surface area (Å²) in [5.41, 5.74) is 6.47. The molecule has 2 N–H and O–H groups in total. The summed E-state index contributed by atoms with van der Waals surface area (Å²) in [7, 11) is 0. The van der Waals surface area contributed by atoms with Gasteiger partial charge in [0.15, 0.2) is 5.76 Å². The van der Waals surface area contributed by atoms with Gasteiger partial charge in [0.05, 0.1) is 6.54 Å². The van der Waals surface area contributed by atoms with Gasteiger partial charge >= 0.3 is 5.91 Å². The van der Waals surface area contributed by atoms with E-state index in [1.165, 1.54) is 0 Å². The summed E-state index contributed by atoms with van der Waals surface area (Å²) in [5, 5.41) is 0. The molecule has 2 amide bonds. The molecule has 8 nitrogen and oxygen atoms in total. The Labute approximate surface area is 190 Å². The second-order valence-electron chi connectivity index (χ2n) is 8.30. The normalized spacial score (nSPS) is 14.8. The number of piperazine rings is 1. The fraction of sp³-hybridized carbons (Fsp3) is 0.500. The van der Waals surface area contributed by atoms with Crippen molar-refractivity contribution in [2.24, 2.45) is 0 Å². The highest BCUT2D eigenvalue weighted by Crippen LogP contribution is 2.18. The van der Waals surface area contributed by atoms with Gasteiger partial charge in [-0.1, -0.05) is 13.8 Å². The Hall–Kier alpha value is -2.84. The van der Waals surface area contributed by atoms with Crippen LogP contribution in [-0.2, 0) is 6.54 Å². The zero-order valence-corrected chi connectivity index (χ0v) is 19.6. The van der Waals surface area contributed by atoms with Gasteiger partial charge in [-0.25, -0.2) is 0 Å². The van der Waals surface area contributed by atoms with Crippen LogP contribution >= 0.6 is 0 Å². The maximum absolute atomic E-state index is 12.4. The van der Waals surface area contributed by atoms with Crippen molar-refractivity contribution in [1.29, 1.82) is 0 Å². The van der Waals surface area contributed by atoms with Gasteiger partial charge in [-0.2, -0.15) is 0 Å².